The molecule has 3 nitrogen and oxygen atoms in total. The minimum Gasteiger partial charge on any atom is -0.487 e. The molecule has 1 N–H and O–H groups in total. The Labute approximate surface area is 109 Å². The first-order valence-electron chi connectivity index (χ1n) is 7.12. The Balaban J connectivity index is 1.73. The summed E-state index contributed by atoms with van der Waals surface area (Å²) >= 11 is 0. The summed E-state index contributed by atoms with van der Waals surface area (Å²) in [5, 5.41) is 3.64. The fraction of sp³-hybridized carbons (Fsp3) is 0.667. The molecule has 0 aliphatic heterocycles. The molecule has 1 heterocycles. The highest BCUT2D eigenvalue weighted by Gasteiger charge is 2.41. The quantitative estimate of drug-likeness (QED) is 0.834. The Hall–Kier alpha value is -1.25. The van der Waals surface area contributed by atoms with E-state index in [9.17, 15) is 0 Å². The van der Waals surface area contributed by atoms with Gasteiger partial charge in [0.05, 0.1) is 6.10 Å². The SMILES string of the molecule is CC(C)Oc1cccnc1NC(C1CC1)C1CC1. The second kappa shape index (κ2) is 4.79. The molecular formula is C15H22N2O. The Morgan fingerprint density at radius 1 is 1.22 bits per heavy atom. The van der Waals surface area contributed by atoms with Crippen LogP contribution in [0.25, 0.3) is 0 Å². The van der Waals surface area contributed by atoms with Crippen LogP contribution in [0.15, 0.2) is 18.3 Å². The average molecular weight is 246 g/mol. The maximum Gasteiger partial charge on any atom is 0.169 e. The van der Waals surface area contributed by atoms with E-state index in [2.05, 4.69) is 24.1 Å². The van der Waals surface area contributed by atoms with Crippen molar-refractivity contribution in [2.45, 2.75) is 51.7 Å². The third kappa shape index (κ3) is 2.77. The lowest BCUT2D eigenvalue weighted by Gasteiger charge is -2.21. The molecular weight excluding hydrogens is 224 g/mol. The fourth-order valence-corrected chi connectivity index (χ4v) is 2.54. The molecule has 0 saturated heterocycles. The number of aromatic nitrogens is 1. The molecule has 1 aromatic rings. The molecule has 3 heteroatoms. The van der Waals surface area contributed by atoms with E-state index in [1.807, 2.05) is 18.3 Å². The maximum absolute atomic E-state index is 5.82. The number of anilines is 1. The van der Waals surface area contributed by atoms with Crippen LogP contribution in [-0.2, 0) is 0 Å². The average Bonchev–Trinajstić information content (AvgIpc) is 3.20. The van der Waals surface area contributed by atoms with E-state index in [0.29, 0.717) is 6.04 Å². The summed E-state index contributed by atoms with van der Waals surface area (Å²) in [5.74, 6) is 3.55. The second-order valence-corrected chi connectivity index (χ2v) is 5.86. The molecule has 0 aromatic carbocycles. The zero-order valence-electron chi connectivity index (χ0n) is 11.2. The largest absolute Gasteiger partial charge is 0.487 e. The van der Waals surface area contributed by atoms with Crippen molar-refractivity contribution >= 4 is 5.82 Å². The number of hydrogen-bond acceptors (Lipinski definition) is 3. The Bertz CT molecular complexity index is 399. The molecule has 0 atom stereocenters. The summed E-state index contributed by atoms with van der Waals surface area (Å²) in [7, 11) is 0. The van der Waals surface area contributed by atoms with Crippen LogP contribution in [0.2, 0.25) is 0 Å². The first-order chi connectivity index (χ1) is 8.74. The third-order valence-corrected chi connectivity index (χ3v) is 3.70. The monoisotopic (exact) mass is 246 g/mol. The van der Waals surface area contributed by atoms with Crippen LogP contribution in [-0.4, -0.2) is 17.1 Å². The number of nitrogens with one attached hydrogen (secondary N) is 1. The molecule has 0 unspecified atom stereocenters. The van der Waals surface area contributed by atoms with Crippen LogP contribution in [0.4, 0.5) is 5.82 Å². The molecule has 2 fully saturated rings. The lowest BCUT2D eigenvalue weighted by molar-refractivity contribution is 0.242. The number of pyridine rings is 1. The van der Waals surface area contributed by atoms with Gasteiger partial charge >= 0.3 is 0 Å². The Morgan fingerprint density at radius 3 is 2.44 bits per heavy atom. The predicted molar refractivity (Wildman–Crippen MR) is 72.9 cm³/mol. The van der Waals surface area contributed by atoms with E-state index in [1.54, 1.807) is 0 Å². The van der Waals surface area contributed by atoms with Crippen LogP contribution >= 0.6 is 0 Å². The van der Waals surface area contributed by atoms with E-state index in [0.717, 1.165) is 23.4 Å². The van der Waals surface area contributed by atoms with E-state index < -0.39 is 0 Å². The van der Waals surface area contributed by atoms with Crippen molar-refractivity contribution in [3.8, 4) is 5.75 Å². The minimum absolute atomic E-state index is 0.190. The molecule has 2 aliphatic rings. The second-order valence-electron chi connectivity index (χ2n) is 5.86. The van der Waals surface area contributed by atoms with Crippen LogP contribution < -0.4 is 10.1 Å². The van der Waals surface area contributed by atoms with E-state index in [4.69, 9.17) is 4.74 Å². The van der Waals surface area contributed by atoms with Gasteiger partial charge in [-0.15, -0.1) is 0 Å². The van der Waals surface area contributed by atoms with Crippen LogP contribution in [0.3, 0.4) is 0 Å². The normalized spacial score (nSPS) is 19.3. The van der Waals surface area contributed by atoms with Gasteiger partial charge in [-0.1, -0.05) is 0 Å². The maximum atomic E-state index is 5.82. The summed E-state index contributed by atoms with van der Waals surface area (Å²) in [6.07, 6.45) is 7.53. The summed E-state index contributed by atoms with van der Waals surface area (Å²) in [5.41, 5.74) is 0. The highest BCUT2D eigenvalue weighted by molar-refractivity contribution is 5.50. The van der Waals surface area contributed by atoms with E-state index in [-0.39, 0.29) is 6.10 Å². The van der Waals surface area contributed by atoms with Crippen molar-refractivity contribution < 1.29 is 4.74 Å². The summed E-state index contributed by atoms with van der Waals surface area (Å²) in [4.78, 5) is 4.46. The van der Waals surface area contributed by atoms with Gasteiger partial charge < -0.3 is 10.1 Å². The van der Waals surface area contributed by atoms with Crippen molar-refractivity contribution in [1.29, 1.82) is 0 Å². The van der Waals surface area contributed by atoms with Crippen LogP contribution in [0, 0.1) is 11.8 Å². The van der Waals surface area contributed by atoms with Gasteiger partial charge in [-0.25, -0.2) is 4.98 Å². The van der Waals surface area contributed by atoms with Gasteiger partial charge in [-0.05, 0) is 63.5 Å². The van der Waals surface area contributed by atoms with Crippen LogP contribution in [0.5, 0.6) is 5.75 Å². The summed E-state index contributed by atoms with van der Waals surface area (Å²) in [6, 6.07) is 4.56. The first kappa shape index (κ1) is 11.8. The number of rotatable bonds is 6. The Morgan fingerprint density at radius 2 is 1.89 bits per heavy atom. The van der Waals surface area contributed by atoms with Crippen LogP contribution in [0.1, 0.15) is 39.5 Å². The zero-order valence-corrected chi connectivity index (χ0v) is 11.2. The molecule has 2 saturated carbocycles. The molecule has 3 rings (SSSR count). The molecule has 18 heavy (non-hydrogen) atoms. The van der Waals surface area contributed by atoms with Gasteiger partial charge in [0.15, 0.2) is 11.6 Å². The van der Waals surface area contributed by atoms with E-state index >= 15 is 0 Å². The smallest absolute Gasteiger partial charge is 0.169 e. The van der Waals surface area contributed by atoms with Gasteiger partial charge in [0.2, 0.25) is 0 Å². The predicted octanol–water partition coefficient (Wildman–Crippen LogP) is 3.47. The van der Waals surface area contributed by atoms with Gasteiger partial charge in [-0.3, -0.25) is 0 Å². The molecule has 2 aliphatic carbocycles. The Kier molecular flexibility index (Phi) is 3.14. The van der Waals surface area contributed by atoms with Crippen molar-refractivity contribution in [3.05, 3.63) is 18.3 Å². The summed E-state index contributed by atoms with van der Waals surface area (Å²) < 4.78 is 5.82. The number of nitrogens with zero attached hydrogens (tertiary/aromatic N) is 1. The lowest BCUT2D eigenvalue weighted by Crippen LogP contribution is -2.25. The standard InChI is InChI=1S/C15H22N2O/c1-10(2)18-13-4-3-9-16-15(13)17-14(11-5-6-11)12-7-8-12/h3-4,9-12,14H,5-8H2,1-2H3,(H,16,17). The molecule has 0 amide bonds. The van der Waals surface area contributed by atoms with Gasteiger partial charge in [0.1, 0.15) is 0 Å². The van der Waals surface area contributed by atoms with Crippen molar-refractivity contribution in [3.63, 3.8) is 0 Å². The van der Waals surface area contributed by atoms with Crippen molar-refractivity contribution in [2.75, 3.05) is 5.32 Å². The molecule has 1 aromatic heterocycles. The van der Waals surface area contributed by atoms with Crippen molar-refractivity contribution in [2.24, 2.45) is 11.8 Å². The molecule has 0 spiro atoms. The van der Waals surface area contributed by atoms with Gasteiger partial charge in [0, 0.05) is 12.2 Å². The van der Waals surface area contributed by atoms with E-state index in [1.165, 1.54) is 25.7 Å². The highest BCUT2D eigenvalue weighted by Crippen LogP contribution is 2.46. The van der Waals surface area contributed by atoms with Gasteiger partial charge in [0.25, 0.3) is 0 Å². The minimum atomic E-state index is 0.190. The topological polar surface area (TPSA) is 34.1 Å². The fourth-order valence-electron chi connectivity index (χ4n) is 2.54. The third-order valence-electron chi connectivity index (χ3n) is 3.70. The number of hydrogen-bond donors (Lipinski definition) is 1. The van der Waals surface area contributed by atoms with Crippen molar-refractivity contribution in [1.82, 2.24) is 4.98 Å². The number of ether oxygens (including phenoxy) is 1. The lowest BCUT2D eigenvalue weighted by atomic mass is 10.1. The molecule has 98 valence electrons. The molecule has 0 bridgehead atoms. The van der Waals surface area contributed by atoms with Gasteiger partial charge in [-0.2, -0.15) is 0 Å². The highest BCUT2D eigenvalue weighted by atomic mass is 16.5. The summed E-state index contributed by atoms with van der Waals surface area (Å²) in [6.45, 7) is 4.10. The molecule has 0 radical (unpaired) electrons. The first-order valence-corrected chi connectivity index (χ1v) is 7.12. The zero-order chi connectivity index (χ0) is 12.5.